The zero-order valence-electron chi connectivity index (χ0n) is 10.2. The first kappa shape index (κ1) is 11.6. The van der Waals surface area contributed by atoms with Gasteiger partial charge in [0.1, 0.15) is 17.0 Å². The molecule has 0 unspecified atom stereocenters. The van der Waals surface area contributed by atoms with E-state index in [-0.39, 0.29) is 0 Å². The molecule has 0 atom stereocenters. The van der Waals surface area contributed by atoms with Gasteiger partial charge in [0.15, 0.2) is 0 Å². The summed E-state index contributed by atoms with van der Waals surface area (Å²) in [6.45, 7) is 4.88. The van der Waals surface area contributed by atoms with E-state index in [1.807, 2.05) is 6.92 Å². The molecule has 1 aliphatic heterocycles. The minimum atomic E-state index is 0.850. The molecule has 18 heavy (non-hydrogen) atoms. The van der Waals surface area contributed by atoms with Crippen molar-refractivity contribution in [3.05, 3.63) is 23.7 Å². The van der Waals surface area contributed by atoms with Crippen LogP contribution in [-0.4, -0.2) is 34.0 Å². The van der Waals surface area contributed by atoms with Gasteiger partial charge in [-0.25, -0.2) is 9.97 Å². The molecule has 0 bridgehead atoms. The lowest BCUT2D eigenvalue weighted by molar-refractivity contribution is 0.698. The van der Waals surface area contributed by atoms with E-state index in [2.05, 4.69) is 31.1 Å². The second-order valence-electron chi connectivity index (χ2n) is 4.34. The summed E-state index contributed by atoms with van der Waals surface area (Å²) in [5, 5.41) is 7.77. The van der Waals surface area contributed by atoms with Crippen LogP contribution in [0.3, 0.4) is 0 Å². The van der Waals surface area contributed by atoms with E-state index in [1.165, 1.54) is 17.1 Å². The molecule has 0 spiro atoms. The Labute approximate surface area is 110 Å². The second-order valence-corrected chi connectivity index (χ2v) is 5.09. The molecule has 0 aromatic carbocycles. The molecular weight excluding hydrogens is 246 g/mol. The lowest BCUT2D eigenvalue weighted by Gasteiger charge is -2.15. The highest BCUT2D eigenvalue weighted by Crippen LogP contribution is 2.25. The SMILES string of the molecule is Cc1nsc2ncnc(NCC3=CCNCC3)c12. The molecule has 94 valence electrons. The molecule has 1 aliphatic rings. The average molecular weight is 261 g/mol. The van der Waals surface area contributed by atoms with E-state index in [9.17, 15) is 0 Å². The monoisotopic (exact) mass is 261 g/mol. The van der Waals surface area contributed by atoms with Crippen LogP contribution in [0.25, 0.3) is 10.2 Å². The van der Waals surface area contributed by atoms with Gasteiger partial charge in [-0.15, -0.1) is 0 Å². The van der Waals surface area contributed by atoms with Crippen molar-refractivity contribution < 1.29 is 0 Å². The number of aromatic nitrogens is 3. The summed E-state index contributed by atoms with van der Waals surface area (Å²) in [6, 6.07) is 0. The fraction of sp³-hybridized carbons (Fsp3) is 0.417. The Morgan fingerprint density at radius 3 is 3.22 bits per heavy atom. The highest BCUT2D eigenvalue weighted by atomic mass is 32.1. The first-order valence-electron chi connectivity index (χ1n) is 6.04. The lowest BCUT2D eigenvalue weighted by Crippen LogP contribution is -2.23. The van der Waals surface area contributed by atoms with Crippen molar-refractivity contribution in [2.75, 3.05) is 25.0 Å². The summed E-state index contributed by atoms with van der Waals surface area (Å²) >= 11 is 1.42. The fourth-order valence-corrected chi connectivity index (χ4v) is 2.83. The maximum Gasteiger partial charge on any atom is 0.149 e. The Hall–Kier alpha value is -1.53. The van der Waals surface area contributed by atoms with E-state index in [1.54, 1.807) is 6.33 Å². The van der Waals surface area contributed by atoms with Crippen LogP contribution >= 0.6 is 11.5 Å². The molecule has 0 radical (unpaired) electrons. The zero-order valence-corrected chi connectivity index (χ0v) is 11.0. The minimum Gasteiger partial charge on any atom is -0.366 e. The average Bonchev–Trinajstić information content (AvgIpc) is 2.80. The van der Waals surface area contributed by atoms with Crippen LogP contribution in [-0.2, 0) is 0 Å². The number of fused-ring (bicyclic) bond motifs is 1. The van der Waals surface area contributed by atoms with Crippen LogP contribution in [0.4, 0.5) is 5.82 Å². The van der Waals surface area contributed by atoms with Gasteiger partial charge in [0.05, 0.1) is 11.1 Å². The number of aryl methyl sites for hydroxylation is 1. The van der Waals surface area contributed by atoms with Gasteiger partial charge in [0.2, 0.25) is 0 Å². The summed E-state index contributed by atoms with van der Waals surface area (Å²) in [5.41, 5.74) is 2.43. The summed E-state index contributed by atoms with van der Waals surface area (Å²) in [5.74, 6) is 0.894. The van der Waals surface area contributed by atoms with Gasteiger partial charge < -0.3 is 10.6 Å². The molecule has 2 N–H and O–H groups in total. The second kappa shape index (κ2) is 4.99. The van der Waals surface area contributed by atoms with Crippen molar-refractivity contribution in [2.24, 2.45) is 0 Å². The number of hydrogen-bond donors (Lipinski definition) is 2. The van der Waals surface area contributed by atoms with Crippen molar-refractivity contribution in [3.63, 3.8) is 0 Å². The number of rotatable bonds is 3. The van der Waals surface area contributed by atoms with E-state index in [0.29, 0.717) is 0 Å². The number of nitrogens with zero attached hydrogens (tertiary/aromatic N) is 3. The quantitative estimate of drug-likeness (QED) is 0.824. The van der Waals surface area contributed by atoms with E-state index in [0.717, 1.165) is 47.8 Å². The largest absolute Gasteiger partial charge is 0.366 e. The van der Waals surface area contributed by atoms with Crippen LogP contribution in [0.15, 0.2) is 18.0 Å². The van der Waals surface area contributed by atoms with Gasteiger partial charge in [0.25, 0.3) is 0 Å². The standard InChI is InChI=1S/C12H15N5S/c1-8-10-11(15-7-16-12(10)18-17-8)14-6-9-2-4-13-5-3-9/h2,7,13H,3-6H2,1H3,(H,14,15,16). The fourth-order valence-electron chi connectivity index (χ4n) is 2.08. The Balaban J connectivity index is 1.82. The van der Waals surface area contributed by atoms with Gasteiger partial charge in [-0.3, -0.25) is 0 Å². The number of nitrogens with one attached hydrogen (secondary N) is 2. The Morgan fingerprint density at radius 2 is 2.39 bits per heavy atom. The molecule has 6 heteroatoms. The number of anilines is 1. The summed E-state index contributed by atoms with van der Waals surface area (Å²) in [4.78, 5) is 9.51. The van der Waals surface area contributed by atoms with Crippen LogP contribution in [0.1, 0.15) is 12.1 Å². The maximum atomic E-state index is 4.33. The van der Waals surface area contributed by atoms with Crippen LogP contribution in [0, 0.1) is 6.92 Å². The molecule has 5 nitrogen and oxygen atoms in total. The van der Waals surface area contributed by atoms with Crippen LogP contribution in [0.5, 0.6) is 0 Å². The molecule has 0 amide bonds. The maximum absolute atomic E-state index is 4.33. The lowest BCUT2D eigenvalue weighted by atomic mass is 10.1. The normalized spacial score (nSPS) is 15.7. The summed E-state index contributed by atoms with van der Waals surface area (Å²) < 4.78 is 4.33. The van der Waals surface area contributed by atoms with Crippen LogP contribution < -0.4 is 10.6 Å². The first-order chi connectivity index (χ1) is 8.84. The highest BCUT2D eigenvalue weighted by molar-refractivity contribution is 7.13. The van der Waals surface area contributed by atoms with E-state index >= 15 is 0 Å². The van der Waals surface area contributed by atoms with Gasteiger partial charge in [-0.05, 0) is 31.4 Å². The molecule has 2 aromatic rings. The van der Waals surface area contributed by atoms with Crippen molar-refractivity contribution in [3.8, 4) is 0 Å². The van der Waals surface area contributed by atoms with Crippen molar-refractivity contribution in [2.45, 2.75) is 13.3 Å². The Kier molecular flexibility index (Phi) is 3.21. The topological polar surface area (TPSA) is 62.7 Å². The molecule has 0 fully saturated rings. The van der Waals surface area contributed by atoms with E-state index in [4.69, 9.17) is 0 Å². The molecule has 0 saturated heterocycles. The molecule has 3 heterocycles. The molecule has 0 saturated carbocycles. The third-order valence-corrected chi connectivity index (χ3v) is 3.93. The van der Waals surface area contributed by atoms with Gasteiger partial charge >= 0.3 is 0 Å². The highest BCUT2D eigenvalue weighted by Gasteiger charge is 2.10. The minimum absolute atomic E-state index is 0.850. The predicted molar refractivity (Wildman–Crippen MR) is 74.0 cm³/mol. The van der Waals surface area contributed by atoms with Crippen molar-refractivity contribution in [1.29, 1.82) is 0 Å². The molecule has 3 rings (SSSR count). The molecule has 0 aliphatic carbocycles. The van der Waals surface area contributed by atoms with Crippen molar-refractivity contribution in [1.82, 2.24) is 19.7 Å². The van der Waals surface area contributed by atoms with Crippen molar-refractivity contribution >= 4 is 27.6 Å². The number of hydrogen-bond acceptors (Lipinski definition) is 6. The van der Waals surface area contributed by atoms with Gasteiger partial charge in [0, 0.05) is 13.1 Å². The molecular formula is C12H15N5S. The van der Waals surface area contributed by atoms with E-state index < -0.39 is 0 Å². The zero-order chi connectivity index (χ0) is 12.4. The predicted octanol–water partition coefficient (Wildman–Crippen LogP) is 1.73. The van der Waals surface area contributed by atoms with Gasteiger partial charge in [-0.2, -0.15) is 4.37 Å². The Morgan fingerprint density at radius 1 is 1.44 bits per heavy atom. The summed E-state index contributed by atoms with van der Waals surface area (Å²) in [6.07, 6.45) is 4.94. The smallest absolute Gasteiger partial charge is 0.149 e. The Bertz CT molecular complexity index is 589. The summed E-state index contributed by atoms with van der Waals surface area (Å²) in [7, 11) is 0. The third kappa shape index (κ3) is 2.21. The van der Waals surface area contributed by atoms with Gasteiger partial charge in [-0.1, -0.05) is 11.6 Å². The molecule has 2 aromatic heterocycles. The third-order valence-electron chi connectivity index (χ3n) is 3.08. The first-order valence-corrected chi connectivity index (χ1v) is 6.81. The van der Waals surface area contributed by atoms with Crippen LogP contribution in [0.2, 0.25) is 0 Å².